The first kappa shape index (κ1) is 15.7. The highest BCUT2D eigenvalue weighted by Crippen LogP contribution is 2.31. The molecule has 1 unspecified atom stereocenters. The zero-order valence-electron chi connectivity index (χ0n) is 12.1. The first-order valence-electron chi connectivity index (χ1n) is 6.91. The van der Waals surface area contributed by atoms with E-state index in [0.717, 1.165) is 13.0 Å². The SMILES string of the molecule is CC(C)(C)NCC1CCN(c2c(F)cc(Br)cc2F)C1. The Labute approximate surface area is 127 Å². The molecule has 112 valence electrons. The van der Waals surface area contributed by atoms with E-state index in [1.54, 1.807) is 0 Å². The molecule has 0 saturated carbocycles. The predicted molar refractivity (Wildman–Crippen MR) is 82.1 cm³/mol. The summed E-state index contributed by atoms with van der Waals surface area (Å²) >= 11 is 3.11. The van der Waals surface area contributed by atoms with Gasteiger partial charge in [0.15, 0.2) is 11.6 Å². The minimum atomic E-state index is -0.499. The number of halogens is 3. The fourth-order valence-electron chi connectivity index (χ4n) is 2.49. The largest absolute Gasteiger partial charge is 0.366 e. The summed E-state index contributed by atoms with van der Waals surface area (Å²) in [5.74, 6) is -0.570. The lowest BCUT2D eigenvalue weighted by molar-refractivity contribution is 0.383. The number of benzene rings is 1. The molecule has 0 bridgehead atoms. The van der Waals surface area contributed by atoms with Crippen LogP contribution in [0.1, 0.15) is 27.2 Å². The Bertz CT molecular complexity index is 462. The lowest BCUT2D eigenvalue weighted by Gasteiger charge is -2.24. The molecule has 1 aromatic carbocycles. The normalized spacial score (nSPS) is 19.7. The Morgan fingerprint density at radius 2 is 1.90 bits per heavy atom. The predicted octanol–water partition coefficient (Wildman–Crippen LogP) is 3.94. The lowest BCUT2D eigenvalue weighted by atomic mass is 10.1. The van der Waals surface area contributed by atoms with Crippen molar-refractivity contribution in [2.75, 3.05) is 24.5 Å². The molecule has 1 heterocycles. The number of nitrogens with one attached hydrogen (secondary N) is 1. The number of anilines is 1. The van der Waals surface area contributed by atoms with Gasteiger partial charge in [-0.3, -0.25) is 0 Å². The third kappa shape index (κ3) is 3.92. The van der Waals surface area contributed by atoms with Crippen molar-refractivity contribution in [1.29, 1.82) is 0 Å². The van der Waals surface area contributed by atoms with Crippen molar-refractivity contribution in [1.82, 2.24) is 5.32 Å². The fraction of sp³-hybridized carbons (Fsp3) is 0.600. The third-order valence-electron chi connectivity index (χ3n) is 3.50. The van der Waals surface area contributed by atoms with Crippen LogP contribution in [0.2, 0.25) is 0 Å². The van der Waals surface area contributed by atoms with E-state index >= 15 is 0 Å². The van der Waals surface area contributed by atoms with Crippen molar-refractivity contribution in [3.63, 3.8) is 0 Å². The van der Waals surface area contributed by atoms with E-state index in [2.05, 4.69) is 42.0 Å². The lowest BCUT2D eigenvalue weighted by Crippen LogP contribution is -2.39. The van der Waals surface area contributed by atoms with Crippen LogP contribution in [0.5, 0.6) is 0 Å². The molecule has 0 spiro atoms. The smallest absolute Gasteiger partial charge is 0.150 e. The maximum Gasteiger partial charge on any atom is 0.150 e. The van der Waals surface area contributed by atoms with Crippen LogP contribution in [-0.2, 0) is 0 Å². The van der Waals surface area contributed by atoms with Gasteiger partial charge >= 0.3 is 0 Å². The van der Waals surface area contributed by atoms with E-state index in [1.807, 2.05) is 4.90 Å². The minimum Gasteiger partial charge on any atom is -0.366 e. The van der Waals surface area contributed by atoms with Gasteiger partial charge in [0.25, 0.3) is 0 Å². The van der Waals surface area contributed by atoms with E-state index < -0.39 is 11.6 Å². The fourth-order valence-corrected chi connectivity index (χ4v) is 2.89. The molecule has 20 heavy (non-hydrogen) atoms. The zero-order valence-corrected chi connectivity index (χ0v) is 13.7. The van der Waals surface area contributed by atoms with Crippen LogP contribution in [0.4, 0.5) is 14.5 Å². The third-order valence-corrected chi connectivity index (χ3v) is 3.96. The number of hydrogen-bond acceptors (Lipinski definition) is 2. The van der Waals surface area contributed by atoms with E-state index in [0.29, 0.717) is 23.5 Å². The van der Waals surface area contributed by atoms with Crippen LogP contribution in [0.15, 0.2) is 16.6 Å². The topological polar surface area (TPSA) is 15.3 Å². The molecule has 2 nitrogen and oxygen atoms in total. The van der Waals surface area contributed by atoms with Crippen molar-refractivity contribution in [3.05, 3.63) is 28.2 Å². The summed E-state index contributed by atoms with van der Waals surface area (Å²) in [5.41, 5.74) is 0.174. The second-order valence-corrected chi connectivity index (χ2v) is 7.37. The van der Waals surface area contributed by atoms with Crippen molar-refractivity contribution in [2.45, 2.75) is 32.7 Å². The van der Waals surface area contributed by atoms with Crippen LogP contribution in [0.3, 0.4) is 0 Å². The molecule has 1 aromatic rings. The summed E-state index contributed by atoms with van der Waals surface area (Å²) in [6, 6.07) is 2.64. The van der Waals surface area contributed by atoms with Crippen LogP contribution in [0.25, 0.3) is 0 Å². The summed E-state index contributed by atoms with van der Waals surface area (Å²) < 4.78 is 28.3. The summed E-state index contributed by atoms with van der Waals surface area (Å²) in [6.45, 7) is 8.62. The zero-order chi connectivity index (χ0) is 14.9. The van der Waals surface area contributed by atoms with Gasteiger partial charge in [-0.15, -0.1) is 0 Å². The number of nitrogens with zero attached hydrogens (tertiary/aromatic N) is 1. The Hall–Kier alpha value is -0.680. The monoisotopic (exact) mass is 346 g/mol. The van der Waals surface area contributed by atoms with Gasteiger partial charge in [-0.25, -0.2) is 8.78 Å². The summed E-state index contributed by atoms with van der Waals surface area (Å²) in [6.07, 6.45) is 0.956. The van der Waals surface area contributed by atoms with E-state index in [4.69, 9.17) is 0 Å². The molecule has 0 amide bonds. The molecule has 0 aromatic heterocycles. The Kier molecular flexibility index (Phi) is 4.69. The van der Waals surface area contributed by atoms with E-state index in [1.165, 1.54) is 12.1 Å². The van der Waals surface area contributed by atoms with Gasteiger partial charge in [0.1, 0.15) is 5.69 Å². The molecule has 5 heteroatoms. The van der Waals surface area contributed by atoms with Gasteiger partial charge in [-0.2, -0.15) is 0 Å². The molecule has 1 aliphatic rings. The van der Waals surface area contributed by atoms with Crippen molar-refractivity contribution >= 4 is 21.6 Å². The van der Waals surface area contributed by atoms with E-state index in [9.17, 15) is 8.78 Å². The highest BCUT2D eigenvalue weighted by Gasteiger charge is 2.27. The molecular formula is C15H21BrF2N2. The molecular weight excluding hydrogens is 326 g/mol. The van der Waals surface area contributed by atoms with Crippen LogP contribution < -0.4 is 10.2 Å². The molecule has 0 aliphatic carbocycles. The average Bonchev–Trinajstić information content (AvgIpc) is 2.72. The Morgan fingerprint density at radius 3 is 2.45 bits per heavy atom. The van der Waals surface area contributed by atoms with Gasteiger partial charge < -0.3 is 10.2 Å². The van der Waals surface area contributed by atoms with Gasteiger partial charge in [0, 0.05) is 29.6 Å². The van der Waals surface area contributed by atoms with Gasteiger partial charge in [-0.1, -0.05) is 15.9 Å². The quantitative estimate of drug-likeness (QED) is 0.891. The second kappa shape index (κ2) is 5.98. The Morgan fingerprint density at radius 1 is 1.30 bits per heavy atom. The van der Waals surface area contributed by atoms with Crippen LogP contribution in [0, 0.1) is 17.6 Å². The van der Waals surface area contributed by atoms with Crippen molar-refractivity contribution in [3.8, 4) is 0 Å². The molecule has 1 atom stereocenters. The molecule has 2 rings (SSSR count). The van der Waals surface area contributed by atoms with Crippen LogP contribution in [-0.4, -0.2) is 25.2 Å². The second-order valence-electron chi connectivity index (χ2n) is 6.45. The molecule has 0 radical (unpaired) electrons. The van der Waals surface area contributed by atoms with Gasteiger partial charge in [0.05, 0.1) is 0 Å². The van der Waals surface area contributed by atoms with Gasteiger partial charge in [0.2, 0.25) is 0 Å². The first-order valence-corrected chi connectivity index (χ1v) is 7.70. The summed E-state index contributed by atoms with van der Waals surface area (Å²) in [4.78, 5) is 1.81. The van der Waals surface area contributed by atoms with E-state index in [-0.39, 0.29) is 11.2 Å². The standard InChI is InChI=1S/C15H21BrF2N2/c1-15(2,3)19-8-10-4-5-20(9-10)14-12(17)6-11(16)7-13(14)18/h6-7,10,19H,4-5,8-9H2,1-3H3. The molecule has 1 aliphatic heterocycles. The number of rotatable bonds is 3. The maximum absolute atomic E-state index is 13.9. The summed E-state index contributed by atoms with van der Waals surface area (Å²) in [5, 5.41) is 3.45. The highest BCUT2D eigenvalue weighted by molar-refractivity contribution is 9.10. The van der Waals surface area contributed by atoms with Crippen molar-refractivity contribution in [2.24, 2.45) is 5.92 Å². The number of hydrogen-bond donors (Lipinski definition) is 1. The maximum atomic E-state index is 13.9. The molecule has 1 N–H and O–H groups in total. The molecule has 1 saturated heterocycles. The summed E-state index contributed by atoms with van der Waals surface area (Å²) in [7, 11) is 0. The molecule has 1 fully saturated rings. The van der Waals surface area contributed by atoms with Crippen molar-refractivity contribution < 1.29 is 8.78 Å². The minimum absolute atomic E-state index is 0.0710. The first-order chi connectivity index (χ1) is 9.26. The highest BCUT2D eigenvalue weighted by atomic mass is 79.9. The van der Waals surface area contributed by atoms with Gasteiger partial charge in [-0.05, 0) is 45.2 Å². The average molecular weight is 347 g/mol. The Balaban J connectivity index is 2.03. The van der Waals surface area contributed by atoms with Crippen LogP contribution >= 0.6 is 15.9 Å².